The van der Waals surface area contributed by atoms with Crippen LogP contribution in [0.2, 0.25) is 0 Å². The molecule has 5 nitrogen and oxygen atoms in total. The number of allylic oxidation sites excluding steroid dienone is 6. The molecular formula is C34H52N2O3. The molecule has 5 heteroatoms. The molecule has 0 aromatic heterocycles. The van der Waals surface area contributed by atoms with E-state index in [1.54, 1.807) is 6.08 Å². The van der Waals surface area contributed by atoms with Crippen LogP contribution in [0.5, 0.6) is 0 Å². The number of hydrogen-bond donors (Lipinski definition) is 2. The van der Waals surface area contributed by atoms with Gasteiger partial charge in [-0.2, -0.15) is 0 Å². The number of rotatable bonds is 20. The van der Waals surface area contributed by atoms with Crippen LogP contribution >= 0.6 is 0 Å². The number of Topliss-reactive ketones (excluding diaryl/α,β-unsaturated/α-hetero) is 2. The monoisotopic (exact) mass is 536 g/mol. The number of ether oxygens (including phenoxy) is 1. The molecule has 0 amide bonds. The van der Waals surface area contributed by atoms with Crippen molar-refractivity contribution in [3.8, 4) is 11.8 Å². The van der Waals surface area contributed by atoms with Crippen molar-refractivity contribution in [2.45, 2.75) is 98.3 Å². The minimum absolute atomic E-state index is 0.0671. The first-order chi connectivity index (χ1) is 19.0. The molecule has 0 bridgehead atoms. The Morgan fingerprint density at radius 1 is 1.03 bits per heavy atom. The largest absolute Gasteiger partial charge is 0.384 e. The summed E-state index contributed by atoms with van der Waals surface area (Å²) in [5, 5.41) is 6.89. The molecule has 2 atom stereocenters. The van der Waals surface area contributed by atoms with Gasteiger partial charge in [0.2, 0.25) is 0 Å². The van der Waals surface area contributed by atoms with Crippen molar-refractivity contribution in [2.75, 3.05) is 32.8 Å². The highest BCUT2D eigenvalue weighted by molar-refractivity contribution is 6.24. The smallest absolute Gasteiger partial charge is 0.192 e. The molecule has 0 fully saturated rings. The van der Waals surface area contributed by atoms with Gasteiger partial charge in [0, 0.05) is 50.4 Å². The van der Waals surface area contributed by atoms with Crippen LogP contribution < -0.4 is 10.6 Å². The molecule has 0 spiro atoms. The topological polar surface area (TPSA) is 67.4 Å². The minimum Gasteiger partial charge on any atom is -0.384 e. The lowest BCUT2D eigenvalue weighted by atomic mass is 9.84. The Morgan fingerprint density at radius 3 is 2.49 bits per heavy atom. The first-order valence-electron chi connectivity index (χ1n) is 15.4. The van der Waals surface area contributed by atoms with Crippen LogP contribution in [0, 0.1) is 23.7 Å². The Morgan fingerprint density at radius 2 is 1.77 bits per heavy atom. The highest BCUT2D eigenvalue weighted by Crippen LogP contribution is 2.29. The zero-order valence-corrected chi connectivity index (χ0v) is 25.0. The molecule has 0 aromatic carbocycles. The Labute approximate surface area is 238 Å². The maximum absolute atomic E-state index is 13.5. The van der Waals surface area contributed by atoms with Gasteiger partial charge in [0.25, 0.3) is 0 Å². The summed E-state index contributed by atoms with van der Waals surface area (Å²) in [6.07, 6.45) is 18.9. The van der Waals surface area contributed by atoms with Gasteiger partial charge in [0.15, 0.2) is 11.6 Å². The predicted molar refractivity (Wildman–Crippen MR) is 162 cm³/mol. The number of ketones is 2. The van der Waals surface area contributed by atoms with E-state index in [0.717, 1.165) is 51.3 Å². The van der Waals surface area contributed by atoms with Gasteiger partial charge in [-0.05, 0) is 43.7 Å². The highest BCUT2D eigenvalue weighted by Gasteiger charge is 2.32. The van der Waals surface area contributed by atoms with E-state index in [2.05, 4.69) is 50.2 Å². The first-order valence-corrected chi connectivity index (χ1v) is 15.4. The lowest BCUT2D eigenvalue weighted by molar-refractivity contribution is -0.119. The molecule has 0 saturated carbocycles. The van der Waals surface area contributed by atoms with E-state index in [4.69, 9.17) is 4.74 Å². The summed E-state index contributed by atoms with van der Waals surface area (Å²) in [6.45, 7) is 12.9. The summed E-state index contributed by atoms with van der Waals surface area (Å²) in [4.78, 5) is 26.4. The van der Waals surface area contributed by atoms with Gasteiger partial charge in [0.05, 0.1) is 11.1 Å². The summed E-state index contributed by atoms with van der Waals surface area (Å²) in [7, 11) is 0. The molecule has 0 aromatic rings. The predicted octanol–water partition coefficient (Wildman–Crippen LogP) is 6.62. The number of nitrogens with one attached hydrogen (secondary N) is 2. The molecule has 2 rings (SSSR count). The van der Waals surface area contributed by atoms with Crippen LogP contribution in [0.15, 0.2) is 46.7 Å². The first kappa shape index (κ1) is 32.8. The highest BCUT2D eigenvalue weighted by atomic mass is 16.5. The van der Waals surface area contributed by atoms with Crippen molar-refractivity contribution in [2.24, 2.45) is 11.8 Å². The Balaban J connectivity index is 1.84. The van der Waals surface area contributed by atoms with Gasteiger partial charge in [-0.1, -0.05) is 96.3 Å². The van der Waals surface area contributed by atoms with E-state index in [9.17, 15) is 9.59 Å². The van der Waals surface area contributed by atoms with Gasteiger partial charge >= 0.3 is 0 Å². The maximum atomic E-state index is 13.5. The van der Waals surface area contributed by atoms with E-state index in [0.29, 0.717) is 41.5 Å². The summed E-state index contributed by atoms with van der Waals surface area (Å²) < 4.78 is 5.87. The van der Waals surface area contributed by atoms with Crippen molar-refractivity contribution in [1.29, 1.82) is 0 Å². The quantitative estimate of drug-likeness (QED) is 0.104. The number of carbonyl (C=O) groups is 2. The normalized spacial score (nSPS) is 18.1. The molecule has 0 heterocycles. The van der Waals surface area contributed by atoms with Crippen molar-refractivity contribution in [3.63, 3.8) is 0 Å². The average Bonchev–Trinajstić information content (AvgIpc) is 3.17. The average molecular weight is 537 g/mol. The SMILES string of the molecule is CCCCC(CC)CNC1=CCC#CC2=C1C(=O)/C(=C/C=C\CNCCCOCC(CC)CCCC)CC2=O. The van der Waals surface area contributed by atoms with E-state index < -0.39 is 0 Å². The van der Waals surface area contributed by atoms with Crippen LogP contribution in [0.3, 0.4) is 0 Å². The van der Waals surface area contributed by atoms with Gasteiger partial charge in [-0.3, -0.25) is 9.59 Å². The fourth-order valence-corrected chi connectivity index (χ4v) is 4.92. The van der Waals surface area contributed by atoms with E-state index in [1.807, 2.05) is 18.2 Å². The van der Waals surface area contributed by atoms with E-state index in [-0.39, 0.29) is 18.0 Å². The maximum Gasteiger partial charge on any atom is 0.192 e. The molecule has 0 saturated heterocycles. The van der Waals surface area contributed by atoms with E-state index >= 15 is 0 Å². The van der Waals surface area contributed by atoms with Crippen LogP contribution in [-0.2, 0) is 14.3 Å². The number of hydrogen-bond acceptors (Lipinski definition) is 5. The molecule has 2 unspecified atom stereocenters. The fourth-order valence-electron chi connectivity index (χ4n) is 4.92. The Hall–Kier alpha value is -2.42. The second-order valence-electron chi connectivity index (χ2n) is 10.8. The zero-order chi connectivity index (χ0) is 28.3. The van der Waals surface area contributed by atoms with Crippen molar-refractivity contribution in [1.82, 2.24) is 10.6 Å². The van der Waals surface area contributed by atoms with Gasteiger partial charge in [-0.15, -0.1) is 0 Å². The molecular weight excluding hydrogens is 484 g/mol. The Bertz CT molecular complexity index is 961. The lowest BCUT2D eigenvalue weighted by Crippen LogP contribution is -2.30. The standard InChI is InChI=1S/C34H52N2O3/c1-5-9-16-27(7-3)25-36-31-20-12-11-19-30-32(37)24-29(34(38)33(30)31)18-13-14-21-35-22-15-23-39-26-28(8-4)17-10-6-2/h13-14,18,20,27-28,35-36H,5-10,12,15-17,21-26H2,1-4H3/b14-13-,29-18+. The van der Waals surface area contributed by atoms with Gasteiger partial charge < -0.3 is 15.4 Å². The second kappa shape index (κ2) is 19.6. The summed E-state index contributed by atoms with van der Waals surface area (Å²) >= 11 is 0. The molecule has 216 valence electrons. The van der Waals surface area contributed by atoms with Crippen LogP contribution in [0.25, 0.3) is 0 Å². The third-order valence-corrected chi connectivity index (χ3v) is 7.65. The third-order valence-electron chi connectivity index (χ3n) is 7.65. The summed E-state index contributed by atoms with van der Waals surface area (Å²) in [6, 6.07) is 0. The molecule has 0 aliphatic heterocycles. The fraction of sp³-hybridized carbons (Fsp3) is 0.647. The third kappa shape index (κ3) is 11.7. The number of unbranched alkanes of at least 4 members (excludes halogenated alkanes) is 2. The van der Waals surface area contributed by atoms with Crippen molar-refractivity contribution < 1.29 is 14.3 Å². The van der Waals surface area contributed by atoms with E-state index in [1.165, 1.54) is 38.5 Å². The van der Waals surface area contributed by atoms with Crippen LogP contribution in [-0.4, -0.2) is 44.4 Å². The summed E-state index contributed by atoms with van der Waals surface area (Å²) in [5.74, 6) is 7.08. The van der Waals surface area contributed by atoms with Gasteiger partial charge in [0.1, 0.15) is 0 Å². The molecule has 39 heavy (non-hydrogen) atoms. The molecule has 2 aliphatic carbocycles. The van der Waals surface area contributed by atoms with Crippen molar-refractivity contribution in [3.05, 3.63) is 46.7 Å². The minimum atomic E-state index is -0.0831. The number of carbonyl (C=O) groups excluding carboxylic acids is 2. The Kier molecular flexibility index (Phi) is 16.5. The molecule has 2 N–H and O–H groups in total. The van der Waals surface area contributed by atoms with Crippen LogP contribution in [0.1, 0.15) is 98.3 Å². The molecule has 0 radical (unpaired) electrons. The zero-order valence-electron chi connectivity index (χ0n) is 25.0. The van der Waals surface area contributed by atoms with Crippen LogP contribution in [0.4, 0.5) is 0 Å². The molecule has 2 aliphatic rings. The lowest BCUT2D eigenvalue weighted by Gasteiger charge is -2.23. The van der Waals surface area contributed by atoms with Gasteiger partial charge in [-0.25, -0.2) is 0 Å². The van der Waals surface area contributed by atoms with Crippen molar-refractivity contribution >= 4 is 11.6 Å². The second-order valence-corrected chi connectivity index (χ2v) is 10.8. The summed E-state index contributed by atoms with van der Waals surface area (Å²) in [5.41, 5.74) is 2.12.